The third-order valence-electron chi connectivity index (χ3n) is 2.29. The van der Waals surface area contributed by atoms with Crippen LogP contribution in [0.1, 0.15) is 11.1 Å². The lowest BCUT2D eigenvalue weighted by molar-refractivity contribution is 0.834. The van der Waals surface area contributed by atoms with Crippen molar-refractivity contribution in [2.75, 3.05) is 20.6 Å². The Kier molecular flexibility index (Phi) is 7.97. The fourth-order valence-electron chi connectivity index (χ4n) is 1.36. The van der Waals surface area contributed by atoms with Crippen molar-refractivity contribution in [2.45, 2.75) is 13.3 Å². The quantitative estimate of drug-likeness (QED) is 0.504. The van der Waals surface area contributed by atoms with E-state index in [0.29, 0.717) is 0 Å². The zero-order chi connectivity index (χ0) is 11.1. The van der Waals surface area contributed by atoms with E-state index in [2.05, 4.69) is 46.8 Å². The third-order valence-corrected chi connectivity index (χ3v) is 2.29. The lowest BCUT2D eigenvalue weighted by atomic mass is 10.1. The number of nitrogens with one attached hydrogen (secondary N) is 2. The molecule has 0 heterocycles. The Morgan fingerprint density at radius 1 is 1.25 bits per heavy atom. The Morgan fingerprint density at radius 3 is 2.38 bits per heavy atom. The maximum absolute atomic E-state index is 4.05. The summed E-state index contributed by atoms with van der Waals surface area (Å²) >= 11 is 0. The lowest BCUT2D eigenvalue weighted by Crippen LogP contribution is -2.35. The first-order valence-corrected chi connectivity index (χ1v) is 5.20. The van der Waals surface area contributed by atoms with E-state index in [9.17, 15) is 0 Å². The van der Waals surface area contributed by atoms with Crippen molar-refractivity contribution in [1.29, 1.82) is 0 Å². The molecule has 0 spiro atoms. The monoisotopic (exact) mass is 333 g/mol. The predicted octanol–water partition coefficient (Wildman–Crippen LogP) is 1.95. The highest BCUT2D eigenvalue weighted by Crippen LogP contribution is 2.02. The molecule has 2 N–H and O–H groups in total. The first-order chi connectivity index (χ1) is 7.26. The molecule has 90 valence electrons. The van der Waals surface area contributed by atoms with Gasteiger partial charge in [-0.1, -0.05) is 29.8 Å². The van der Waals surface area contributed by atoms with Crippen LogP contribution >= 0.6 is 24.0 Å². The number of hydrogen-bond acceptors (Lipinski definition) is 1. The molecular formula is C12H20IN3. The van der Waals surface area contributed by atoms with Gasteiger partial charge < -0.3 is 10.6 Å². The molecule has 16 heavy (non-hydrogen) atoms. The van der Waals surface area contributed by atoms with Crippen LogP contribution in [0.2, 0.25) is 0 Å². The van der Waals surface area contributed by atoms with Gasteiger partial charge in [-0.3, -0.25) is 4.99 Å². The van der Waals surface area contributed by atoms with E-state index in [4.69, 9.17) is 0 Å². The second-order valence-corrected chi connectivity index (χ2v) is 3.48. The maximum Gasteiger partial charge on any atom is 0.190 e. The van der Waals surface area contributed by atoms with Gasteiger partial charge in [0.25, 0.3) is 0 Å². The average molecular weight is 333 g/mol. The topological polar surface area (TPSA) is 36.4 Å². The summed E-state index contributed by atoms with van der Waals surface area (Å²) in [5, 5.41) is 6.21. The van der Waals surface area contributed by atoms with Gasteiger partial charge in [0.05, 0.1) is 0 Å². The fourth-order valence-corrected chi connectivity index (χ4v) is 1.36. The van der Waals surface area contributed by atoms with E-state index in [-0.39, 0.29) is 24.0 Å². The number of rotatable bonds is 3. The molecule has 0 fully saturated rings. The minimum Gasteiger partial charge on any atom is -0.359 e. The van der Waals surface area contributed by atoms with Gasteiger partial charge in [0.2, 0.25) is 0 Å². The number of benzene rings is 1. The molecule has 3 nitrogen and oxygen atoms in total. The first-order valence-electron chi connectivity index (χ1n) is 5.20. The summed E-state index contributed by atoms with van der Waals surface area (Å²) in [6.45, 7) is 3.00. The molecule has 0 saturated carbocycles. The largest absolute Gasteiger partial charge is 0.359 e. The number of hydrogen-bond donors (Lipinski definition) is 2. The normalized spacial score (nSPS) is 10.6. The Bertz CT molecular complexity index is 320. The molecule has 0 aliphatic heterocycles. The van der Waals surface area contributed by atoms with Crippen molar-refractivity contribution in [3.63, 3.8) is 0 Å². The maximum atomic E-state index is 4.05. The highest BCUT2D eigenvalue weighted by atomic mass is 127. The van der Waals surface area contributed by atoms with Crippen LogP contribution in [-0.2, 0) is 6.42 Å². The summed E-state index contributed by atoms with van der Waals surface area (Å²) in [6.07, 6.45) is 1.01. The molecule has 0 amide bonds. The van der Waals surface area contributed by atoms with Crippen molar-refractivity contribution < 1.29 is 0 Å². The minimum absolute atomic E-state index is 0. The van der Waals surface area contributed by atoms with Gasteiger partial charge in [0.1, 0.15) is 0 Å². The second kappa shape index (κ2) is 8.38. The van der Waals surface area contributed by atoms with Gasteiger partial charge in [-0.15, -0.1) is 24.0 Å². The molecule has 1 aromatic carbocycles. The standard InChI is InChI=1S/C12H19N3.HI/c1-10-4-6-11(7-5-10)8-9-15-12(13-2)14-3;/h4-7H,8-9H2,1-3H3,(H2,13,14,15);1H. The Labute approximate surface area is 115 Å². The molecular weight excluding hydrogens is 313 g/mol. The van der Waals surface area contributed by atoms with E-state index in [1.807, 2.05) is 7.05 Å². The van der Waals surface area contributed by atoms with E-state index < -0.39 is 0 Å². The molecule has 0 radical (unpaired) electrons. The van der Waals surface area contributed by atoms with Crippen molar-refractivity contribution in [2.24, 2.45) is 4.99 Å². The third kappa shape index (κ3) is 5.34. The smallest absolute Gasteiger partial charge is 0.190 e. The van der Waals surface area contributed by atoms with Crippen LogP contribution in [0, 0.1) is 6.92 Å². The van der Waals surface area contributed by atoms with E-state index in [1.54, 1.807) is 7.05 Å². The molecule has 0 bridgehead atoms. The molecule has 0 atom stereocenters. The SMILES string of the molecule is CN=C(NC)NCCc1ccc(C)cc1.I. The van der Waals surface area contributed by atoms with Crippen LogP contribution in [0.4, 0.5) is 0 Å². The highest BCUT2D eigenvalue weighted by molar-refractivity contribution is 14.0. The van der Waals surface area contributed by atoms with E-state index >= 15 is 0 Å². The highest BCUT2D eigenvalue weighted by Gasteiger charge is 1.94. The summed E-state index contributed by atoms with van der Waals surface area (Å²) in [7, 11) is 3.63. The Hall–Kier alpha value is -0.780. The number of aliphatic imine (C=N–C) groups is 1. The molecule has 0 aliphatic carbocycles. The predicted molar refractivity (Wildman–Crippen MR) is 80.7 cm³/mol. The first kappa shape index (κ1) is 15.2. The fraction of sp³-hybridized carbons (Fsp3) is 0.417. The molecule has 1 aromatic rings. The Balaban J connectivity index is 0.00000225. The summed E-state index contributed by atoms with van der Waals surface area (Å²) < 4.78 is 0. The summed E-state index contributed by atoms with van der Waals surface area (Å²) in [6, 6.07) is 8.61. The van der Waals surface area contributed by atoms with Gasteiger partial charge in [0, 0.05) is 20.6 Å². The Morgan fingerprint density at radius 2 is 1.88 bits per heavy atom. The molecule has 1 rings (SSSR count). The molecule has 0 aromatic heterocycles. The number of guanidine groups is 1. The number of aryl methyl sites for hydroxylation is 1. The van der Waals surface area contributed by atoms with Gasteiger partial charge >= 0.3 is 0 Å². The second-order valence-electron chi connectivity index (χ2n) is 3.48. The zero-order valence-electron chi connectivity index (χ0n) is 10.1. The molecule has 0 aliphatic rings. The van der Waals surface area contributed by atoms with Crippen molar-refractivity contribution in [3.05, 3.63) is 35.4 Å². The van der Waals surface area contributed by atoms with Gasteiger partial charge in [-0.05, 0) is 18.9 Å². The summed E-state index contributed by atoms with van der Waals surface area (Å²) in [4.78, 5) is 4.05. The minimum atomic E-state index is 0. The van der Waals surface area contributed by atoms with Crippen LogP contribution in [0.3, 0.4) is 0 Å². The van der Waals surface area contributed by atoms with Crippen LogP contribution in [0.25, 0.3) is 0 Å². The van der Waals surface area contributed by atoms with Crippen LogP contribution in [0.5, 0.6) is 0 Å². The van der Waals surface area contributed by atoms with Crippen molar-refractivity contribution in [1.82, 2.24) is 10.6 Å². The van der Waals surface area contributed by atoms with Crippen LogP contribution in [0.15, 0.2) is 29.3 Å². The van der Waals surface area contributed by atoms with Gasteiger partial charge in [0.15, 0.2) is 5.96 Å². The number of nitrogens with zero attached hydrogens (tertiary/aromatic N) is 1. The van der Waals surface area contributed by atoms with Crippen LogP contribution in [-0.4, -0.2) is 26.6 Å². The van der Waals surface area contributed by atoms with Crippen molar-refractivity contribution >= 4 is 29.9 Å². The zero-order valence-corrected chi connectivity index (χ0v) is 12.4. The van der Waals surface area contributed by atoms with Crippen LogP contribution < -0.4 is 10.6 Å². The van der Waals surface area contributed by atoms with Crippen molar-refractivity contribution in [3.8, 4) is 0 Å². The van der Waals surface area contributed by atoms with E-state index in [1.165, 1.54) is 11.1 Å². The average Bonchev–Trinajstić information content (AvgIpc) is 2.27. The summed E-state index contributed by atoms with van der Waals surface area (Å²) in [5.41, 5.74) is 2.65. The van der Waals surface area contributed by atoms with Gasteiger partial charge in [-0.25, -0.2) is 0 Å². The summed E-state index contributed by atoms with van der Waals surface area (Å²) in [5.74, 6) is 0.835. The molecule has 0 unspecified atom stereocenters. The molecule has 0 saturated heterocycles. The molecule has 4 heteroatoms. The van der Waals surface area contributed by atoms with Gasteiger partial charge in [-0.2, -0.15) is 0 Å². The number of halogens is 1. The lowest BCUT2D eigenvalue weighted by Gasteiger charge is -2.08. The van der Waals surface area contributed by atoms with E-state index in [0.717, 1.165) is 18.9 Å².